The Morgan fingerprint density at radius 3 is 2.00 bits per heavy atom. The van der Waals surface area contributed by atoms with E-state index in [2.05, 4.69) is 0 Å². The average Bonchev–Trinajstić information content (AvgIpc) is 3.20. The van der Waals surface area contributed by atoms with E-state index in [0.29, 0.717) is 26.4 Å². The highest BCUT2D eigenvalue weighted by molar-refractivity contribution is 4.69. The molecule has 0 aromatic carbocycles. The van der Waals surface area contributed by atoms with E-state index < -0.39 is 19.2 Å². The Balaban J connectivity index is 1.61. The minimum absolute atomic E-state index is 0.0567. The SMILES string of the molecule is OCC(O)OCC(OCC1CO1)OCC1CO1. The Labute approximate surface area is 99.2 Å². The smallest absolute Gasteiger partial charge is 0.181 e. The second-order valence-corrected chi connectivity index (χ2v) is 3.98. The predicted octanol–water partition coefficient (Wildman–Crippen LogP) is -1.53. The first-order chi connectivity index (χ1) is 8.28. The van der Waals surface area contributed by atoms with Crippen molar-refractivity contribution in [1.29, 1.82) is 0 Å². The maximum atomic E-state index is 9.05. The molecule has 3 atom stereocenters. The first kappa shape index (κ1) is 13.2. The molecule has 2 saturated heterocycles. The minimum Gasteiger partial charge on any atom is -0.391 e. The van der Waals surface area contributed by atoms with E-state index in [9.17, 15) is 0 Å². The zero-order valence-corrected chi connectivity index (χ0v) is 9.49. The van der Waals surface area contributed by atoms with Gasteiger partial charge in [0.05, 0.1) is 33.0 Å². The molecule has 0 saturated carbocycles. The summed E-state index contributed by atoms with van der Waals surface area (Å²) in [7, 11) is 0. The molecule has 0 aliphatic carbocycles. The van der Waals surface area contributed by atoms with Crippen LogP contribution in [0.3, 0.4) is 0 Å². The van der Waals surface area contributed by atoms with Crippen LogP contribution in [0.15, 0.2) is 0 Å². The fraction of sp³-hybridized carbons (Fsp3) is 1.00. The Morgan fingerprint density at radius 2 is 1.59 bits per heavy atom. The van der Waals surface area contributed by atoms with Crippen molar-refractivity contribution in [1.82, 2.24) is 0 Å². The van der Waals surface area contributed by atoms with Crippen LogP contribution in [0.25, 0.3) is 0 Å². The third-order valence-electron chi connectivity index (χ3n) is 2.32. The molecule has 0 aromatic heterocycles. The molecule has 0 bridgehead atoms. The van der Waals surface area contributed by atoms with Crippen LogP contribution in [0.1, 0.15) is 0 Å². The van der Waals surface area contributed by atoms with Crippen molar-refractivity contribution < 1.29 is 33.9 Å². The van der Waals surface area contributed by atoms with Gasteiger partial charge in [0.2, 0.25) is 0 Å². The Bertz CT molecular complexity index is 201. The van der Waals surface area contributed by atoms with Gasteiger partial charge in [-0.2, -0.15) is 0 Å². The summed E-state index contributed by atoms with van der Waals surface area (Å²) in [6.45, 7) is 1.89. The summed E-state index contributed by atoms with van der Waals surface area (Å²) in [5, 5.41) is 17.7. The van der Waals surface area contributed by atoms with E-state index in [1.807, 2.05) is 0 Å². The summed E-state index contributed by atoms with van der Waals surface area (Å²) in [4.78, 5) is 0. The van der Waals surface area contributed by atoms with Gasteiger partial charge < -0.3 is 33.9 Å². The lowest BCUT2D eigenvalue weighted by Crippen LogP contribution is -2.30. The molecule has 2 rings (SSSR count). The van der Waals surface area contributed by atoms with E-state index in [1.165, 1.54) is 0 Å². The van der Waals surface area contributed by atoms with Crippen LogP contribution in [0.5, 0.6) is 0 Å². The fourth-order valence-corrected chi connectivity index (χ4v) is 1.14. The quantitative estimate of drug-likeness (QED) is 0.359. The highest BCUT2D eigenvalue weighted by Crippen LogP contribution is 2.13. The van der Waals surface area contributed by atoms with Gasteiger partial charge in [-0.05, 0) is 0 Å². The van der Waals surface area contributed by atoms with Gasteiger partial charge in [-0.15, -0.1) is 0 Å². The van der Waals surface area contributed by atoms with Gasteiger partial charge in [-0.3, -0.25) is 0 Å². The summed E-state index contributed by atoms with van der Waals surface area (Å²) in [6, 6.07) is 0. The second kappa shape index (κ2) is 6.60. The average molecular weight is 250 g/mol. The molecule has 2 N–H and O–H groups in total. The lowest BCUT2D eigenvalue weighted by Gasteiger charge is -2.19. The van der Waals surface area contributed by atoms with E-state index in [4.69, 9.17) is 33.9 Å². The lowest BCUT2D eigenvalue weighted by molar-refractivity contribution is -0.215. The van der Waals surface area contributed by atoms with Gasteiger partial charge in [0.15, 0.2) is 12.6 Å². The van der Waals surface area contributed by atoms with Crippen molar-refractivity contribution in [3.05, 3.63) is 0 Å². The Kier molecular flexibility index (Phi) is 5.11. The van der Waals surface area contributed by atoms with Crippen LogP contribution in [-0.2, 0) is 23.7 Å². The number of aliphatic hydroxyl groups excluding tert-OH is 2. The molecular weight excluding hydrogens is 232 g/mol. The topological polar surface area (TPSA) is 93.2 Å². The van der Waals surface area contributed by atoms with Gasteiger partial charge in [-0.25, -0.2) is 0 Å². The summed E-state index contributed by atoms with van der Waals surface area (Å²) in [6.07, 6.45) is -1.51. The Hall–Kier alpha value is -0.280. The summed E-state index contributed by atoms with van der Waals surface area (Å²) < 4.78 is 25.8. The molecule has 17 heavy (non-hydrogen) atoms. The van der Waals surface area contributed by atoms with Gasteiger partial charge in [0.1, 0.15) is 18.8 Å². The standard InChI is InChI=1S/C10H18O7/c11-1-9(12)15-6-10(16-4-7-2-13-7)17-5-8-3-14-8/h7-12H,1-6H2. The maximum Gasteiger partial charge on any atom is 0.181 e. The van der Waals surface area contributed by atoms with Gasteiger partial charge >= 0.3 is 0 Å². The highest BCUT2D eigenvalue weighted by Gasteiger charge is 2.27. The van der Waals surface area contributed by atoms with Crippen molar-refractivity contribution in [3.63, 3.8) is 0 Å². The minimum atomic E-state index is -1.21. The number of hydrogen-bond donors (Lipinski definition) is 2. The van der Waals surface area contributed by atoms with Crippen LogP contribution in [-0.4, -0.2) is 74.6 Å². The number of ether oxygens (including phenoxy) is 5. The third kappa shape index (κ3) is 5.73. The van der Waals surface area contributed by atoms with Gasteiger partial charge in [0, 0.05) is 0 Å². The molecular formula is C10H18O7. The predicted molar refractivity (Wildman–Crippen MR) is 54.2 cm³/mol. The molecule has 7 heteroatoms. The number of hydrogen-bond acceptors (Lipinski definition) is 7. The lowest BCUT2D eigenvalue weighted by atomic mass is 10.5. The Morgan fingerprint density at radius 1 is 1.06 bits per heavy atom. The fourth-order valence-electron chi connectivity index (χ4n) is 1.14. The molecule has 7 nitrogen and oxygen atoms in total. The van der Waals surface area contributed by atoms with Crippen molar-refractivity contribution in [2.45, 2.75) is 24.8 Å². The summed E-state index contributed by atoms with van der Waals surface area (Å²) in [5.74, 6) is 0. The van der Waals surface area contributed by atoms with E-state index >= 15 is 0 Å². The molecule has 0 amide bonds. The number of epoxide rings is 2. The van der Waals surface area contributed by atoms with Gasteiger partial charge in [0.25, 0.3) is 0 Å². The monoisotopic (exact) mass is 250 g/mol. The molecule has 100 valence electrons. The van der Waals surface area contributed by atoms with Crippen molar-refractivity contribution in [2.24, 2.45) is 0 Å². The molecule has 3 unspecified atom stereocenters. The maximum absolute atomic E-state index is 9.05. The van der Waals surface area contributed by atoms with Crippen LogP contribution in [0.4, 0.5) is 0 Å². The second-order valence-electron chi connectivity index (χ2n) is 3.98. The van der Waals surface area contributed by atoms with E-state index in [1.54, 1.807) is 0 Å². The van der Waals surface area contributed by atoms with Gasteiger partial charge in [-0.1, -0.05) is 0 Å². The van der Waals surface area contributed by atoms with Crippen LogP contribution in [0, 0.1) is 0 Å². The van der Waals surface area contributed by atoms with Crippen molar-refractivity contribution in [3.8, 4) is 0 Å². The van der Waals surface area contributed by atoms with Crippen molar-refractivity contribution in [2.75, 3.05) is 39.6 Å². The normalized spacial score (nSPS) is 30.0. The molecule has 2 heterocycles. The van der Waals surface area contributed by atoms with E-state index in [0.717, 1.165) is 0 Å². The van der Waals surface area contributed by atoms with E-state index in [-0.39, 0.29) is 18.8 Å². The first-order valence-corrected chi connectivity index (χ1v) is 5.65. The first-order valence-electron chi connectivity index (χ1n) is 5.65. The molecule has 2 aliphatic heterocycles. The van der Waals surface area contributed by atoms with Crippen LogP contribution in [0.2, 0.25) is 0 Å². The van der Waals surface area contributed by atoms with Crippen LogP contribution >= 0.6 is 0 Å². The molecule has 0 spiro atoms. The largest absolute Gasteiger partial charge is 0.391 e. The third-order valence-corrected chi connectivity index (χ3v) is 2.32. The molecule has 2 aliphatic rings. The zero-order valence-electron chi connectivity index (χ0n) is 9.49. The molecule has 2 fully saturated rings. The van der Waals surface area contributed by atoms with Crippen molar-refractivity contribution >= 4 is 0 Å². The molecule has 0 radical (unpaired) electrons. The zero-order chi connectivity index (χ0) is 12.1. The molecule has 0 aromatic rings. The number of rotatable bonds is 10. The highest BCUT2D eigenvalue weighted by atomic mass is 16.7. The number of aliphatic hydroxyl groups is 2. The van der Waals surface area contributed by atoms with Crippen LogP contribution < -0.4 is 0 Å². The summed E-state index contributed by atoms with van der Waals surface area (Å²) >= 11 is 0. The summed E-state index contributed by atoms with van der Waals surface area (Å²) in [5.41, 5.74) is 0.